The minimum Gasteiger partial charge on any atom is -0.308 e. The van der Waals surface area contributed by atoms with Crippen molar-refractivity contribution in [2.24, 2.45) is 0 Å². The van der Waals surface area contributed by atoms with Gasteiger partial charge in [0.25, 0.3) is 0 Å². The summed E-state index contributed by atoms with van der Waals surface area (Å²) in [4.78, 5) is 0. The second-order valence-corrected chi connectivity index (χ2v) is 5.07. The van der Waals surface area contributed by atoms with Gasteiger partial charge in [-0.05, 0) is 12.8 Å². The van der Waals surface area contributed by atoms with Crippen molar-refractivity contribution in [3.05, 3.63) is 0 Å². The van der Waals surface area contributed by atoms with E-state index in [1.54, 1.807) is 0 Å². The van der Waals surface area contributed by atoms with E-state index < -0.39 is 36.5 Å². The van der Waals surface area contributed by atoms with Crippen LogP contribution in [-0.4, -0.2) is 36.5 Å². The Bertz CT molecular complexity index is 344. The van der Waals surface area contributed by atoms with E-state index in [0.717, 1.165) is 6.42 Å². The number of alkyl halides is 9. The highest BCUT2D eigenvalue weighted by Crippen LogP contribution is 2.52. The zero-order chi connectivity index (χ0) is 16.5. The molecule has 1 aliphatic rings. The van der Waals surface area contributed by atoms with Crippen LogP contribution < -0.4 is 5.32 Å². The van der Waals surface area contributed by atoms with Crippen molar-refractivity contribution in [2.45, 2.75) is 62.1 Å². The summed E-state index contributed by atoms with van der Waals surface area (Å²) in [5.74, 6) is -18.9. The summed E-state index contributed by atoms with van der Waals surface area (Å²) in [6.07, 6.45) is -3.85. The van der Waals surface area contributed by atoms with Crippen LogP contribution in [0.2, 0.25) is 0 Å². The summed E-state index contributed by atoms with van der Waals surface area (Å²) < 4.78 is 113. The summed E-state index contributed by atoms with van der Waals surface area (Å²) in [6.45, 7) is -1.93. The lowest BCUT2D eigenvalue weighted by molar-refractivity contribution is -0.394. The summed E-state index contributed by atoms with van der Waals surface area (Å²) >= 11 is 0. The van der Waals surface area contributed by atoms with Crippen LogP contribution in [0.25, 0.3) is 0 Å². The first-order valence-corrected chi connectivity index (χ1v) is 6.26. The van der Waals surface area contributed by atoms with E-state index in [4.69, 9.17) is 0 Å². The predicted octanol–water partition coefficient (Wildman–Crippen LogP) is 4.38. The fourth-order valence-electron chi connectivity index (χ4n) is 2.10. The van der Waals surface area contributed by atoms with E-state index in [-0.39, 0.29) is 0 Å². The van der Waals surface area contributed by atoms with Crippen molar-refractivity contribution >= 4 is 0 Å². The van der Waals surface area contributed by atoms with E-state index in [0.29, 0.717) is 25.7 Å². The van der Waals surface area contributed by atoms with Gasteiger partial charge in [0.05, 0.1) is 6.54 Å². The molecule has 0 atom stereocenters. The van der Waals surface area contributed by atoms with Crippen molar-refractivity contribution in [3.8, 4) is 0 Å². The SMILES string of the molecule is FC(F)(F)C(F)(F)C(F)(F)C(F)(F)CNC1CCCCC1. The zero-order valence-electron chi connectivity index (χ0n) is 10.7. The quantitative estimate of drug-likeness (QED) is 0.738. The molecule has 0 aromatic rings. The number of nitrogens with one attached hydrogen (secondary N) is 1. The van der Waals surface area contributed by atoms with Gasteiger partial charge in [-0.3, -0.25) is 0 Å². The molecule has 1 fully saturated rings. The summed E-state index contributed by atoms with van der Waals surface area (Å²) in [5, 5.41) is 1.96. The smallest absolute Gasteiger partial charge is 0.308 e. The summed E-state index contributed by atoms with van der Waals surface area (Å²) in [7, 11) is 0. The van der Waals surface area contributed by atoms with Gasteiger partial charge < -0.3 is 5.32 Å². The lowest BCUT2D eigenvalue weighted by Crippen LogP contribution is -2.63. The van der Waals surface area contributed by atoms with Gasteiger partial charge in [0.2, 0.25) is 0 Å². The van der Waals surface area contributed by atoms with Crippen molar-refractivity contribution in [2.75, 3.05) is 6.54 Å². The third-order valence-electron chi connectivity index (χ3n) is 3.43. The number of rotatable bonds is 5. The van der Waals surface area contributed by atoms with Gasteiger partial charge in [0.1, 0.15) is 0 Å². The first-order valence-electron chi connectivity index (χ1n) is 6.26. The lowest BCUT2D eigenvalue weighted by atomic mass is 9.95. The highest BCUT2D eigenvalue weighted by Gasteiger charge is 2.81. The maximum absolute atomic E-state index is 13.2. The minimum atomic E-state index is -6.81. The van der Waals surface area contributed by atoms with Crippen LogP contribution in [0.4, 0.5) is 39.5 Å². The molecule has 1 N–H and O–H groups in total. The molecule has 0 aliphatic heterocycles. The molecular weight excluding hydrogens is 317 g/mol. The molecule has 0 bridgehead atoms. The standard InChI is InChI=1S/C11H14F9N/c12-8(13,6-21-7-4-2-1-3-5-7)9(14,15)10(16,17)11(18,19)20/h7,21H,1-6H2. The first kappa shape index (κ1) is 18.4. The monoisotopic (exact) mass is 331 g/mol. The number of hydrogen-bond acceptors (Lipinski definition) is 1. The van der Waals surface area contributed by atoms with E-state index in [1.165, 1.54) is 0 Å². The fourth-order valence-corrected chi connectivity index (χ4v) is 2.10. The summed E-state index contributed by atoms with van der Waals surface area (Å²) in [5.41, 5.74) is 0. The molecule has 0 unspecified atom stereocenters. The van der Waals surface area contributed by atoms with E-state index in [9.17, 15) is 39.5 Å². The van der Waals surface area contributed by atoms with Crippen LogP contribution in [0.1, 0.15) is 32.1 Å². The molecular formula is C11H14F9N. The molecule has 1 saturated carbocycles. The third-order valence-corrected chi connectivity index (χ3v) is 3.43. The van der Waals surface area contributed by atoms with Gasteiger partial charge in [-0.15, -0.1) is 0 Å². The maximum Gasteiger partial charge on any atom is 0.460 e. The highest BCUT2D eigenvalue weighted by atomic mass is 19.4. The molecule has 0 aromatic heterocycles. The van der Waals surface area contributed by atoms with Crippen molar-refractivity contribution in [3.63, 3.8) is 0 Å². The molecule has 0 aromatic carbocycles. The fraction of sp³-hybridized carbons (Fsp3) is 1.00. The molecule has 1 nitrogen and oxygen atoms in total. The normalized spacial score (nSPS) is 19.9. The largest absolute Gasteiger partial charge is 0.460 e. The van der Waals surface area contributed by atoms with Gasteiger partial charge in [-0.2, -0.15) is 39.5 Å². The predicted molar refractivity (Wildman–Crippen MR) is 55.8 cm³/mol. The van der Waals surface area contributed by atoms with Crippen LogP contribution in [-0.2, 0) is 0 Å². The second kappa shape index (κ2) is 5.85. The van der Waals surface area contributed by atoms with Crippen molar-refractivity contribution < 1.29 is 39.5 Å². The Labute approximate surface area is 114 Å². The molecule has 126 valence electrons. The Morgan fingerprint density at radius 3 is 1.62 bits per heavy atom. The zero-order valence-corrected chi connectivity index (χ0v) is 10.7. The topological polar surface area (TPSA) is 12.0 Å². The Morgan fingerprint density at radius 2 is 1.19 bits per heavy atom. The van der Waals surface area contributed by atoms with Crippen molar-refractivity contribution in [1.82, 2.24) is 5.32 Å². The average molecular weight is 331 g/mol. The van der Waals surface area contributed by atoms with Gasteiger partial charge in [0, 0.05) is 6.04 Å². The second-order valence-electron chi connectivity index (χ2n) is 5.07. The number of hydrogen-bond donors (Lipinski definition) is 1. The van der Waals surface area contributed by atoms with E-state index >= 15 is 0 Å². The average Bonchev–Trinajstić information content (AvgIpc) is 2.36. The van der Waals surface area contributed by atoms with Gasteiger partial charge in [-0.25, -0.2) is 0 Å². The Balaban J connectivity index is 2.78. The third kappa shape index (κ3) is 3.57. The Morgan fingerprint density at radius 1 is 0.714 bits per heavy atom. The molecule has 0 heterocycles. The van der Waals surface area contributed by atoms with Crippen LogP contribution in [0, 0.1) is 0 Å². The molecule has 0 amide bonds. The highest BCUT2D eigenvalue weighted by molar-refractivity contribution is 5.01. The molecule has 1 aliphatic carbocycles. The first-order chi connectivity index (χ1) is 9.33. The van der Waals surface area contributed by atoms with Gasteiger partial charge in [-0.1, -0.05) is 19.3 Å². The number of halogens is 9. The van der Waals surface area contributed by atoms with E-state index in [1.807, 2.05) is 5.32 Å². The maximum atomic E-state index is 13.2. The van der Waals surface area contributed by atoms with Gasteiger partial charge >= 0.3 is 23.9 Å². The Kier molecular flexibility index (Phi) is 5.12. The minimum absolute atomic E-state index is 0.386. The lowest BCUT2D eigenvalue weighted by Gasteiger charge is -2.35. The molecule has 21 heavy (non-hydrogen) atoms. The van der Waals surface area contributed by atoms with Crippen LogP contribution in [0.15, 0.2) is 0 Å². The molecule has 10 heteroatoms. The van der Waals surface area contributed by atoms with E-state index in [2.05, 4.69) is 0 Å². The molecule has 0 spiro atoms. The van der Waals surface area contributed by atoms with Gasteiger partial charge in [0.15, 0.2) is 0 Å². The van der Waals surface area contributed by atoms with Crippen LogP contribution in [0.3, 0.4) is 0 Å². The molecule has 0 saturated heterocycles. The molecule has 0 radical (unpaired) electrons. The van der Waals surface area contributed by atoms with Crippen LogP contribution in [0.5, 0.6) is 0 Å². The molecule has 1 rings (SSSR count). The van der Waals surface area contributed by atoms with Crippen molar-refractivity contribution in [1.29, 1.82) is 0 Å². The summed E-state index contributed by atoms with van der Waals surface area (Å²) in [6, 6.07) is -0.583. The van der Waals surface area contributed by atoms with Crippen LogP contribution >= 0.6 is 0 Å². The Hall–Kier alpha value is -0.670.